The third-order valence-corrected chi connectivity index (χ3v) is 12.6. The van der Waals surface area contributed by atoms with Gasteiger partial charge in [0.05, 0.1) is 23.5 Å². The quantitative estimate of drug-likeness (QED) is 0.222. The SMILES string of the molecule is CC1=C2C[C@H]3[C@@H](CCC4=C/C(=N/O)CC[C@@]43C)[C@@H]2CC[C@@]2(C1)O[C@@H]1C[C@H](C)CN(C(=O)OCc3ccccc3)[C@H]1[C@H]2C. The molecule has 0 radical (unpaired) electrons. The van der Waals surface area contributed by atoms with Crippen molar-refractivity contribution in [3.63, 3.8) is 0 Å². The highest BCUT2D eigenvalue weighted by Gasteiger charge is 2.60. The number of nitrogens with zero attached hydrogens (tertiary/aromatic N) is 2. The Kier molecular flexibility index (Phi) is 7.07. The number of hydrogen-bond acceptors (Lipinski definition) is 5. The van der Waals surface area contributed by atoms with Gasteiger partial charge in [0.2, 0.25) is 0 Å². The second kappa shape index (κ2) is 10.5. The number of oxime groups is 1. The molecule has 0 aromatic heterocycles. The monoisotopic (exact) mass is 572 g/mol. The van der Waals surface area contributed by atoms with Crippen LogP contribution in [0.25, 0.3) is 0 Å². The van der Waals surface area contributed by atoms with Crippen LogP contribution in [0, 0.1) is 35.0 Å². The maximum Gasteiger partial charge on any atom is 0.410 e. The van der Waals surface area contributed by atoms with Crippen LogP contribution in [-0.2, 0) is 16.1 Å². The van der Waals surface area contributed by atoms with Gasteiger partial charge in [-0.05, 0) is 105 Å². The fraction of sp³-hybridized carbons (Fsp3) is 0.667. The molecule has 1 spiro atoms. The van der Waals surface area contributed by atoms with Crippen molar-refractivity contribution >= 4 is 11.8 Å². The molecule has 2 aliphatic heterocycles. The lowest BCUT2D eigenvalue weighted by Crippen LogP contribution is -2.54. The van der Waals surface area contributed by atoms with E-state index < -0.39 is 0 Å². The molecular weight excluding hydrogens is 524 g/mol. The minimum Gasteiger partial charge on any atom is -0.445 e. The van der Waals surface area contributed by atoms with Gasteiger partial charge in [0.1, 0.15) is 6.61 Å². The van der Waals surface area contributed by atoms with Gasteiger partial charge < -0.3 is 19.6 Å². The van der Waals surface area contributed by atoms with E-state index in [4.69, 9.17) is 9.47 Å². The Labute approximate surface area is 251 Å². The molecule has 0 bridgehead atoms. The highest BCUT2D eigenvalue weighted by molar-refractivity contribution is 5.96. The fourth-order valence-electron chi connectivity index (χ4n) is 10.5. The van der Waals surface area contributed by atoms with Gasteiger partial charge in [-0.1, -0.05) is 73.0 Å². The first-order chi connectivity index (χ1) is 20.2. The molecule has 1 aromatic rings. The molecule has 2 heterocycles. The van der Waals surface area contributed by atoms with Crippen molar-refractivity contribution in [3.8, 4) is 0 Å². The minimum absolute atomic E-state index is 0.0684. The number of hydrogen-bond donors (Lipinski definition) is 1. The summed E-state index contributed by atoms with van der Waals surface area (Å²) in [6.07, 6.45) is 11.9. The lowest BCUT2D eigenvalue weighted by Gasteiger charge is -2.48. The van der Waals surface area contributed by atoms with Crippen molar-refractivity contribution in [1.29, 1.82) is 0 Å². The summed E-state index contributed by atoms with van der Waals surface area (Å²) < 4.78 is 13.0. The Morgan fingerprint density at radius 3 is 2.76 bits per heavy atom. The van der Waals surface area contributed by atoms with Crippen LogP contribution in [0.4, 0.5) is 4.79 Å². The number of likely N-dealkylation sites (tertiary alicyclic amines) is 1. The van der Waals surface area contributed by atoms with E-state index in [9.17, 15) is 10.0 Å². The first-order valence-corrected chi connectivity index (χ1v) is 16.5. The van der Waals surface area contributed by atoms with Crippen molar-refractivity contribution in [3.05, 3.63) is 58.7 Å². The van der Waals surface area contributed by atoms with Gasteiger partial charge in [-0.2, -0.15) is 0 Å². The number of rotatable bonds is 2. The van der Waals surface area contributed by atoms with Crippen molar-refractivity contribution < 1.29 is 19.5 Å². The largest absolute Gasteiger partial charge is 0.445 e. The van der Waals surface area contributed by atoms with Crippen LogP contribution in [0.3, 0.4) is 0 Å². The van der Waals surface area contributed by atoms with Crippen LogP contribution in [0.1, 0.15) is 91.0 Å². The average Bonchev–Trinajstić information content (AvgIpc) is 3.45. The zero-order valence-corrected chi connectivity index (χ0v) is 25.9. The van der Waals surface area contributed by atoms with Crippen molar-refractivity contribution in [2.24, 2.45) is 40.2 Å². The molecule has 4 fully saturated rings. The maximum absolute atomic E-state index is 13.5. The van der Waals surface area contributed by atoms with Gasteiger partial charge in [-0.15, -0.1) is 0 Å². The summed E-state index contributed by atoms with van der Waals surface area (Å²) in [6, 6.07) is 10.0. The molecule has 9 atom stereocenters. The van der Waals surface area contributed by atoms with Crippen LogP contribution in [-0.4, -0.2) is 46.2 Å². The molecule has 4 aliphatic carbocycles. The molecule has 6 heteroatoms. The summed E-state index contributed by atoms with van der Waals surface area (Å²) in [7, 11) is 0. The molecule has 7 rings (SSSR count). The predicted octanol–water partition coefficient (Wildman–Crippen LogP) is 7.91. The zero-order valence-electron chi connectivity index (χ0n) is 25.9. The Hall–Kier alpha value is -2.60. The normalized spacial score (nSPS) is 42.0. The Balaban J connectivity index is 1.12. The molecule has 1 N–H and O–H groups in total. The standard InChI is InChI=1S/C36H48N2O4/c1-22-16-32-33(38(20-22)34(39)41-21-25-8-6-5-7-9-25)24(3)36(42-32)15-13-28-29-11-10-26-17-27(37-40)12-14-35(26,4)31(29)18-30(28)23(2)19-36/h5-9,17,22,24,28-29,31-33,40H,10-16,18-21H2,1-4H3/b37-27+/t22-,24+,28-,29-,31-,32+,33-,35-,36-/m0/s1. The van der Waals surface area contributed by atoms with E-state index >= 15 is 0 Å². The highest BCUT2D eigenvalue weighted by Crippen LogP contribution is 2.64. The summed E-state index contributed by atoms with van der Waals surface area (Å²) >= 11 is 0. The van der Waals surface area contributed by atoms with Crippen molar-refractivity contribution in [2.45, 2.75) is 110 Å². The number of carbonyl (C=O) groups excluding carboxylic acids is 1. The number of benzene rings is 1. The fourth-order valence-corrected chi connectivity index (χ4v) is 10.5. The highest BCUT2D eigenvalue weighted by atomic mass is 16.6. The van der Waals surface area contributed by atoms with Crippen molar-refractivity contribution in [2.75, 3.05) is 6.54 Å². The van der Waals surface area contributed by atoms with Gasteiger partial charge in [-0.3, -0.25) is 0 Å². The molecule has 42 heavy (non-hydrogen) atoms. The first kappa shape index (κ1) is 28.2. The van der Waals surface area contributed by atoms with Crippen LogP contribution < -0.4 is 0 Å². The molecule has 1 aromatic carbocycles. The predicted molar refractivity (Wildman–Crippen MR) is 163 cm³/mol. The Morgan fingerprint density at radius 2 is 1.98 bits per heavy atom. The number of amides is 1. The molecule has 2 saturated heterocycles. The third-order valence-electron chi connectivity index (χ3n) is 12.6. The molecule has 226 valence electrons. The van der Waals surface area contributed by atoms with E-state index in [0.717, 1.165) is 62.3 Å². The van der Waals surface area contributed by atoms with E-state index in [1.807, 2.05) is 35.2 Å². The summed E-state index contributed by atoms with van der Waals surface area (Å²) in [4.78, 5) is 15.5. The number of ether oxygens (including phenoxy) is 2. The lowest BCUT2D eigenvalue weighted by atomic mass is 9.56. The van der Waals surface area contributed by atoms with Gasteiger partial charge in [0.15, 0.2) is 0 Å². The second-order valence-electron chi connectivity index (χ2n) is 14.9. The average molecular weight is 573 g/mol. The summed E-state index contributed by atoms with van der Waals surface area (Å²) in [6.45, 7) is 10.5. The molecule has 6 nitrogen and oxygen atoms in total. The minimum atomic E-state index is -0.213. The zero-order chi connectivity index (χ0) is 29.2. The number of carbonyl (C=O) groups is 1. The smallest absolute Gasteiger partial charge is 0.410 e. The summed E-state index contributed by atoms with van der Waals surface area (Å²) in [5.41, 5.74) is 6.65. The maximum atomic E-state index is 13.5. The number of allylic oxidation sites excluding steroid dienone is 3. The van der Waals surface area contributed by atoms with E-state index in [-0.39, 0.29) is 35.2 Å². The van der Waals surface area contributed by atoms with Crippen LogP contribution in [0.15, 0.2) is 58.3 Å². The van der Waals surface area contributed by atoms with Gasteiger partial charge in [0, 0.05) is 12.5 Å². The molecular formula is C36H48N2O4. The van der Waals surface area contributed by atoms with Gasteiger partial charge >= 0.3 is 6.09 Å². The second-order valence-corrected chi connectivity index (χ2v) is 14.9. The van der Waals surface area contributed by atoms with Crippen LogP contribution in [0.5, 0.6) is 0 Å². The summed E-state index contributed by atoms with van der Waals surface area (Å²) in [5.74, 6) is 2.70. The Bertz CT molecular complexity index is 1320. The van der Waals surface area contributed by atoms with Crippen molar-refractivity contribution in [1.82, 2.24) is 4.90 Å². The van der Waals surface area contributed by atoms with Crippen LogP contribution >= 0.6 is 0 Å². The summed E-state index contributed by atoms with van der Waals surface area (Å²) in [5, 5.41) is 13.0. The van der Waals surface area contributed by atoms with E-state index in [2.05, 4.69) is 38.9 Å². The first-order valence-electron chi connectivity index (χ1n) is 16.5. The molecule has 1 amide bonds. The Morgan fingerprint density at radius 1 is 1.17 bits per heavy atom. The van der Waals surface area contributed by atoms with E-state index in [1.54, 1.807) is 11.1 Å². The van der Waals surface area contributed by atoms with Crippen LogP contribution in [0.2, 0.25) is 0 Å². The topological polar surface area (TPSA) is 71.4 Å². The number of fused-ring (bicyclic) bond motifs is 6. The molecule has 2 saturated carbocycles. The molecule has 0 unspecified atom stereocenters. The molecule has 6 aliphatic rings. The number of piperidine rings is 1. The van der Waals surface area contributed by atoms with E-state index in [0.29, 0.717) is 24.4 Å². The van der Waals surface area contributed by atoms with Gasteiger partial charge in [0.25, 0.3) is 0 Å². The van der Waals surface area contributed by atoms with Gasteiger partial charge in [-0.25, -0.2) is 4.79 Å². The van der Waals surface area contributed by atoms with E-state index in [1.165, 1.54) is 24.8 Å². The third kappa shape index (κ3) is 4.46. The lowest BCUT2D eigenvalue weighted by molar-refractivity contribution is -0.0784.